The van der Waals surface area contributed by atoms with E-state index in [9.17, 15) is 0 Å². The number of rotatable bonds is 7. The monoisotopic (exact) mass is 307 g/mol. The molecule has 2 rings (SSSR count). The van der Waals surface area contributed by atoms with Gasteiger partial charge < -0.3 is 19.8 Å². The Balaban J connectivity index is 1.83. The molecule has 1 aliphatic rings. The predicted octanol–water partition coefficient (Wildman–Crippen LogP) is 3.07. The second kappa shape index (κ2) is 8.83. The predicted molar refractivity (Wildman–Crippen MR) is 89.0 cm³/mol. The smallest absolute Gasteiger partial charge is 0.191 e. The Hall–Kier alpha value is -1.49. The Kier molecular flexibility index (Phi) is 6.77. The first-order chi connectivity index (χ1) is 10.8. The number of ether oxygens (including phenoxy) is 1. The first kappa shape index (κ1) is 16.9. The third kappa shape index (κ3) is 5.05. The van der Waals surface area contributed by atoms with Crippen molar-refractivity contribution in [3.05, 3.63) is 24.2 Å². The number of nitrogens with zero attached hydrogens (tertiary/aromatic N) is 1. The van der Waals surface area contributed by atoms with Crippen LogP contribution in [0, 0.1) is 0 Å². The Morgan fingerprint density at radius 2 is 2.14 bits per heavy atom. The van der Waals surface area contributed by atoms with Gasteiger partial charge in [-0.05, 0) is 31.4 Å². The topological polar surface area (TPSA) is 58.8 Å². The molecule has 1 saturated carbocycles. The van der Waals surface area contributed by atoms with Crippen LogP contribution in [0.4, 0.5) is 0 Å². The minimum Gasteiger partial charge on any atom is -0.467 e. The molecule has 0 spiro atoms. The maximum absolute atomic E-state index is 6.20. The molecule has 1 aromatic rings. The highest BCUT2D eigenvalue weighted by atomic mass is 16.5. The Morgan fingerprint density at radius 1 is 1.32 bits per heavy atom. The van der Waals surface area contributed by atoms with Gasteiger partial charge in [-0.15, -0.1) is 0 Å². The fourth-order valence-electron chi connectivity index (χ4n) is 2.94. The van der Waals surface area contributed by atoms with Crippen LogP contribution in [0.5, 0.6) is 0 Å². The van der Waals surface area contributed by atoms with Crippen molar-refractivity contribution < 1.29 is 9.15 Å². The van der Waals surface area contributed by atoms with Gasteiger partial charge in [0.15, 0.2) is 5.96 Å². The Labute approximate surface area is 133 Å². The maximum atomic E-state index is 6.20. The molecule has 0 saturated heterocycles. The van der Waals surface area contributed by atoms with E-state index in [1.54, 1.807) is 13.3 Å². The third-order valence-corrected chi connectivity index (χ3v) is 4.19. The van der Waals surface area contributed by atoms with E-state index in [2.05, 4.69) is 22.5 Å². The van der Waals surface area contributed by atoms with Crippen molar-refractivity contribution in [3.63, 3.8) is 0 Å². The number of nitrogens with one attached hydrogen (secondary N) is 2. The number of guanidine groups is 1. The summed E-state index contributed by atoms with van der Waals surface area (Å²) in [6.07, 6.45) is 8.84. The lowest BCUT2D eigenvalue weighted by Crippen LogP contribution is -2.49. The number of furan rings is 1. The van der Waals surface area contributed by atoms with Gasteiger partial charge in [0.25, 0.3) is 0 Å². The summed E-state index contributed by atoms with van der Waals surface area (Å²) >= 11 is 0. The van der Waals surface area contributed by atoms with Crippen LogP contribution in [0.1, 0.15) is 51.2 Å². The molecule has 0 unspecified atom stereocenters. The van der Waals surface area contributed by atoms with E-state index in [0.29, 0.717) is 6.54 Å². The summed E-state index contributed by atoms with van der Waals surface area (Å²) < 4.78 is 11.5. The second-order valence-corrected chi connectivity index (χ2v) is 5.95. The Morgan fingerprint density at radius 3 is 2.77 bits per heavy atom. The average Bonchev–Trinajstić information content (AvgIpc) is 3.07. The summed E-state index contributed by atoms with van der Waals surface area (Å²) in [5.41, 5.74) is -0.0312. The quantitative estimate of drug-likeness (QED) is 0.600. The van der Waals surface area contributed by atoms with Crippen LogP contribution in [0.2, 0.25) is 0 Å². The molecule has 0 aromatic carbocycles. The molecular formula is C17H29N3O2. The van der Waals surface area contributed by atoms with E-state index in [4.69, 9.17) is 9.15 Å². The molecule has 5 heteroatoms. The SMILES string of the molecule is CCCOC1(CNC(=NC)NCc2ccco2)CCCCC1. The van der Waals surface area contributed by atoms with Gasteiger partial charge in [0, 0.05) is 20.2 Å². The second-order valence-electron chi connectivity index (χ2n) is 5.95. The van der Waals surface area contributed by atoms with Crippen molar-refractivity contribution in [3.8, 4) is 0 Å². The van der Waals surface area contributed by atoms with Gasteiger partial charge in [0.1, 0.15) is 5.76 Å². The van der Waals surface area contributed by atoms with Crippen molar-refractivity contribution in [1.82, 2.24) is 10.6 Å². The molecule has 1 heterocycles. The van der Waals surface area contributed by atoms with Gasteiger partial charge in [-0.2, -0.15) is 0 Å². The highest BCUT2D eigenvalue weighted by Crippen LogP contribution is 2.31. The lowest BCUT2D eigenvalue weighted by molar-refractivity contribution is -0.0657. The van der Waals surface area contributed by atoms with E-state index in [1.807, 2.05) is 12.1 Å². The average molecular weight is 307 g/mol. The van der Waals surface area contributed by atoms with Gasteiger partial charge in [-0.1, -0.05) is 26.2 Å². The molecule has 124 valence electrons. The molecule has 0 atom stereocenters. The molecule has 2 N–H and O–H groups in total. The summed E-state index contributed by atoms with van der Waals surface area (Å²) in [6, 6.07) is 3.84. The van der Waals surface area contributed by atoms with Crippen molar-refractivity contribution in [2.75, 3.05) is 20.2 Å². The fraction of sp³-hybridized carbons (Fsp3) is 0.706. The van der Waals surface area contributed by atoms with Crippen molar-refractivity contribution >= 4 is 5.96 Å². The first-order valence-corrected chi connectivity index (χ1v) is 8.39. The van der Waals surface area contributed by atoms with E-state index in [1.165, 1.54) is 19.3 Å². The molecule has 1 fully saturated rings. The van der Waals surface area contributed by atoms with Crippen LogP contribution in [-0.4, -0.2) is 31.8 Å². The summed E-state index contributed by atoms with van der Waals surface area (Å²) in [7, 11) is 1.79. The van der Waals surface area contributed by atoms with Crippen molar-refractivity contribution in [2.24, 2.45) is 4.99 Å². The zero-order valence-corrected chi connectivity index (χ0v) is 13.9. The van der Waals surface area contributed by atoms with E-state index in [0.717, 1.165) is 44.1 Å². The summed E-state index contributed by atoms with van der Waals surface area (Å²) in [6.45, 7) is 4.44. The van der Waals surface area contributed by atoms with Crippen molar-refractivity contribution in [1.29, 1.82) is 0 Å². The van der Waals surface area contributed by atoms with Crippen LogP contribution in [0.25, 0.3) is 0 Å². The van der Waals surface area contributed by atoms with Gasteiger partial charge in [0.2, 0.25) is 0 Å². The molecule has 0 aliphatic heterocycles. The fourth-order valence-corrected chi connectivity index (χ4v) is 2.94. The molecule has 22 heavy (non-hydrogen) atoms. The molecule has 0 bridgehead atoms. The largest absolute Gasteiger partial charge is 0.467 e. The van der Waals surface area contributed by atoms with Gasteiger partial charge in [0.05, 0.1) is 18.4 Å². The number of aliphatic imine (C=N–C) groups is 1. The highest BCUT2D eigenvalue weighted by molar-refractivity contribution is 5.79. The Bertz CT molecular complexity index is 437. The summed E-state index contributed by atoms with van der Waals surface area (Å²) in [5.74, 6) is 1.69. The molecule has 0 amide bonds. The van der Waals surface area contributed by atoms with Crippen LogP contribution in [0.3, 0.4) is 0 Å². The standard InChI is InChI=1S/C17H29N3O2/c1-3-11-22-17(9-5-4-6-10-17)14-20-16(18-2)19-13-15-8-7-12-21-15/h7-8,12H,3-6,9-11,13-14H2,1-2H3,(H2,18,19,20). The van der Waals surface area contributed by atoms with E-state index < -0.39 is 0 Å². The summed E-state index contributed by atoms with van der Waals surface area (Å²) in [5, 5.41) is 6.70. The lowest BCUT2D eigenvalue weighted by Gasteiger charge is -2.37. The van der Waals surface area contributed by atoms with Gasteiger partial charge >= 0.3 is 0 Å². The molecular weight excluding hydrogens is 278 g/mol. The summed E-state index contributed by atoms with van der Waals surface area (Å²) in [4.78, 5) is 4.28. The molecule has 1 aliphatic carbocycles. The lowest BCUT2D eigenvalue weighted by atomic mass is 9.84. The van der Waals surface area contributed by atoms with E-state index in [-0.39, 0.29) is 5.60 Å². The minimum atomic E-state index is -0.0312. The van der Waals surface area contributed by atoms with Gasteiger partial charge in [-0.3, -0.25) is 4.99 Å². The zero-order valence-electron chi connectivity index (χ0n) is 13.9. The van der Waals surface area contributed by atoms with E-state index >= 15 is 0 Å². The number of hydrogen-bond acceptors (Lipinski definition) is 3. The van der Waals surface area contributed by atoms with Crippen molar-refractivity contribution in [2.45, 2.75) is 57.6 Å². The number of hydrogen-bond donors (Lipinski definition) is 2. The van der Waals surface area contributed by atoms with Crippen LogP contribution >= 0.6 is 0 Å². The first-order valence-electron chi connectivity index (χ1n) is 8.39. The molecule has 1 aromatic heterocycles. The normalized spacial score (nSPS) is 18.2. The molecule has 5 nitrogen and oxygen atoms in total. The van der Waals surface area contributed by atoms with Crippen LogP contribution in [0.15, 0.2) is 27.8 Å². The molecule has 0 radical (unpaired) electrons. The zero-order chi connectivity index (χ0) is 15.7. The van der Waals surface area contributed by atoms with Crippen LogP contribution in [-0.2, 0) is 11.3 Å². The maximum Gasteiger partial charge on any atom is 0.191 e. The van der Waals surface area contributed by atoms with Gasteiger partial charge in [-0.25, -0.2) is 0 Å². The minimum absolute atomic E-state index is 0.0312. The third-order valence-electron chi connectivity index (χ3n) is 4.19. The highest BCUT2D eigenvalue weighted by Gasteiger charge is 2.32. The van der Waals surface area contributed by atoms with Crippen LogP contribution < -0.4 is 10.6 Å².